The smallest absolute Gasteiger partial charge is 0.225 e. The van der Waals surface area contributed by atoms with Crippen LogP contribution in [0.5, 0.6) is 0 Å². The Balaban J connectivity index is 2.36. The molecular formula is C17H23ClN2O4. The number of benzene rings is 1. The first-order chi connectivity index (χ1) is 11.6. The molecule has 0 spiro atoms. The van der Waals surface area contributed by atoms with E-state index in [4.69, 9.17) is 21.4 Å². The SMILES string of the molecule is COCCN1C(=O)CC[C@@H](C(=O)NCCO)[C@@H]1c1ccccc1Cl. The number of carbonyl (C=O) groups is 2. The Morgan fingerprint density at radius 3 is 2.88 bits per heavy atom. The number of likely N-dealkylation sites (tertiary alicyclic amines) is 1. The number of ether oxygens (including phenoxy) is 1. The maximum absolute atomic E-state index is 12.5. The molecule has 2 N–H and O–H groups in total. The van der Waals surface area contributed by atoms with E-state index in [0.29, 0.717) is 31.0 Å². The summed E-state index contributed by atoms with van der Waals surface area (Å²) in [5.41, 5.74) is 0.757. The molecule has 7 heteroatoms. The molecule has 0 unspecified atom stereocenters. The quantitative estimate of drug-likeness (QED) is 0.775. The fourth-order valence-corrected chi connectivity index (χ4v) is 3.34. The summed E-state index contributed by atoms with van der Waals surface area (Å²) < 4.78 is 5.11. The lowest BCUT2D eigenvalue weighted by Gasteiger charge is -2.41. The van der Waals surface area contributed by atoms with Crippen molar-refractivity contribution in [2.24, 2.45) is 5.92 Å². The molecule has 1 fully saturated rings. The Hall–Kier alpha value is -1.63. The summed E-state index contributed by atoms with van der Waals surface area (Å²) in [6.45, 7) is 0.852. The van der Waals surface area contributed by atoms with Gasteiger partial charge in [0.2, 0.25) is 11.8 Å². The first kappa shape index (κ1) is 18.7. The van der Waals surface area contributed by atoms with Gasteiger partial charge in [0.1, 0.15) is 0 Å². The first-order valence-corrected chi connectivity index (χ1v) is 8.39. The Kier molecular flexibility index (Phi) is 7.02. The average Bonchev–Trinajstić information content (AvgIpc) is 2.59. The molecule has 6 nitrogen and oxygen atoms in total. The van der Waals surface area contributed by atoms with E-state index in [0.717, 1.165) is 5.56 Å². The summed E-state index contributed by atoms with van der Waals surface area (Å²) in [5.74, 6) is -0.599. The molecule has 1 heterocycles. The summed E-state index contributed by atoms with van der Waals surface area (Å²) in [4.78, 5) is 26.7. The van der Waals surface area contributed by atoms with Gasteiger partial charge < -0.3 is 20.1 Å². The van der Waals surface area contributed by atoms with Crippen LogP contribution >= 0.6 is 11.6 Å². The highest BCUT2D eigenvalue weighted by Gasteiger charge is 2.41. The molecule has 2 atom stereocenters. The maximum atomic E-state index is 12.5. The van der Waals surface area contributed by atoms with Crippen molar-refractivity contribution in [1.29, 1.82) is 0 Å². The van der Waals surface area contributed by atoms with Gasteiger partial charge >= 0.3 is 0 Å². The topological polar surface area (TPSA) is 78.9 Å². The monoisotopic (exact) mass is 354 g/mol. The van der Waals surface area contributed by atoms with Crippen LogP contribution in [0.1, 0.15) is 24.4 Å². The number of aliphatic hydroxyl groups is 1. The highest BCUT2D eigenvalue weighted by molar-refractivity contribution is 6.31. The number of nitrogens with one attached hydrogen (secondary N) is 1. The molecule has 0 radical (unpaired) electrons. The van der Waals surface area contributed by atoms with Crippen LogP contribution in [0.3, 0.4) is 0 Å². The van der Waals surface area contributed by atoms with E-state index < -0.39 is 12.0 Å². The third-order valence-corrected chi connectivity index (χ3v) is 4.56. The zero-order valence-electron chi connectivity index (χ0n) is 13.7. The Labute approximate surface area is 146 Å². The van der Waals surface area contributed by atoms with Gasteiger partial charge in [-0.05, 0) is 18.1 Å². The molecule has 2 amide bonds. The molecule has 0 saturated carbocycles. The highest BCUT2D eigenvalue weighted by atomic mass is 35.5. The summed E-state index contributed by atoms with van der Waals surface area (Å²) >= 11 is 6.34. The van der Waals surface area contributed by atoms with Crippen LogP contribution in [-0.2, 0) is 14.3 Å². The molecule has 24 heavy (non-hydrogen) atoms. The maximum Gasteiger partial charge on any atom is 0.225 e. The molecule has 0 aromatic heterocycles. The molecule has 1 aliphatic heterocycles. The number of halogens is 1. The summed E-state index contributed by atoms with van der Waals surface area (Å²) in [6, 6.07) is 6.83. The van der Waals surface area contributed by atoms with Crippen molar-refractivity contribution in [3.8, 4) is 0 Å². The Morgan fingerprint density at radius 2 is 2.21 bits per heavy atom. The van der Waals surface area contributed by atoms with E-state index in [1.165, 1.54) is 0 Å². The predicted octanol–water partition coefficient (Wildman–Crippen LogP) is 1.37. The highest BCUT2D eigenvalue weighted by Crippen LogP contribution is 2.39. The van der Waals surface area contributed by atoms with Crippen LogP contribution in [0.15, 0.2) is 24.3 Å². The van der Waals surface area contributed by atoms with Crippen LogP contribution in [0.4, 0.5) is 0 Å². The largest absolute Gasteiger partial charge is 0.395 e. The van der Waals surface area contributed by atoms with Crippen LogP contribution < -0.4 is 5.32 Å². The van der Waals surface area contributed by atoms with Gasteiger partial charge in [0.15, 0.2) is 0 Å². The van der Waals surface area contributed by atoms with Crippen LogP contribution in [0, 0.1) is 5.92 Å². The molecule has 0 aliphatic carbocycles. The van der Waals surface area contributed by atoms with Gasteiger partial charge in [0, 0.05) is 31.6 Å². The number of carbonyl (C=O) groups excluding carboxylic acids is 2. The van der Waals surface area contributed by atoms with Crippen LogP contribution in [0.25, 0.3) is 0 Å². The van der Waals surface area contributed by atoms with Gasteiger partial charge in [0.25, 0.3) is 0 Å². The van der Waals surface area contributed by atoms with E-state index in [1.807, 2.05) is 18.2 Å². The molecule has 1 aliphatic rings. The minimum atomic E-state index is -0.436. The molecule has 1 aromatic carbocycles. The minimum Gasteiger partial charge on any atom is -0.395 e. The van der Waals surface area contributed by atoms with E-state index in [1.54, 1.807) is 18.1 Å². The van der Waals surface area contributed by atoms with Crippen molar-refractivity contribution >= 4 is 23.4 Å². The van der Waals surface area contributed by atoms with E-state index in [-0.39, 0.29) is 25.0 Å². The fourth-order valence-electron chi connectivity index (χ4n) is 3.09. The molecule has 2 rings (SSSR count). The summed E-state index contributed by atoms with van der Waals surface area (Å²) in [7, 11) is 1.57. The second-order valence-corrected chi connectivity index (χ2v) is 6.11. The van der Waals surface area contributed by atoms with Gasteiger partial charge in [0.05, 0.1) is 25.2 Å². The van der Waals surface area contributed by atoms with Crippen molar-refractivity contribution in [2.45, 2.75) is 18.9 Å². The standard InChI is InChI=1S/C17H23ClN2O4/c1-24-11-9-20-15(22)7-6-13(17(23)19-8-10-21)16(20)12-4-2-3-5-14(12)18/h2-5,13,16,21H,6-11H2,1H3,(H,19,23)/t13-,16+/m1/s1. The molecule has 1 aromatic rings. The van der Waals surface area contributed by atoms with E-state index >= 15 is 0 Å². The summed E-state index contributed by atoms with van der Waals surface area (Å²) in [6.07, 6.45) is 0.761. The van der Waals surface area contributed by atoms with Gasteiger partial charge in [-0.3, -0.25) is 9.59 Å². The second kappa shape index (κ2) is 9.01. The lowest BCUT2D eigenvalue weighted by atomic mass is 9.83. The van der Waals surface area contributed by atoms with Crippen molar-refractivity contribution < 1.29 is 19.4 Å². The number of nitrogens with zero attached hydrogens (tertiary/aromatic N) is 1. The molecule has 132 valence electrons. The van der Waals surface area contributed by atoms with Gasteiger partial charge in [-0.1, -0.05) is 29.8 Å². The molecule has 1 saturated heterocycles. The molecule has 0 bridgehead atoms. The number of aliphatic hydroxyl groups excluding tert-OH is 1. The number of amides is 2. The zero-order valence-corrected chi connectivity index (χ0v) is 14.5. The Morgan fingerprint density at radius 1 is 1.46 bits per heavy atom. The number of piperidine rings is 1. The van der Waals surface area contributed by atoms with E-state index in [9.17, 15) is 9.59 Å². The van der Waals surface area contributed by atoms with Crippen molar-refractivity contribution in [2.75, 3.05) is 33.4 Å². The fraction of sp³-hybridized carbons (Fsp3) is 0.529. The number of methoxy groups -OCH3 is 1. The molecular weight excluding hydrogens is 332 g/mol. The third-order valence-electron chi connectivity index (χ3n) is 4.21. The zero-order chi connectivity index (χ0) is 17.5. The lowest BCUT2D eigenvalue weighted by molar-refractivity contribution is -0.144. The van der Waals surface area contributed by atoms with Crippen molar-refractivity contribution in [3.05, 3.63) is 34.9 Å². The minimum absolute atomic E-state index is 0.0109. The number of hydrogen-bond acceptors (Lipinski definition) is 4. The van der Waals surface area contributed by atoms with Crippen molar-refractivity contribution in [1.82, 2.24) is 10.2 Å². The third kappa shape index (κ3) is 4.26. The number of rotatable bonds is 7. The predicted molar refractivity (Wildman–Crippen MR) is 90.6 cm³/mol. The van der Waals surface area contributed by atoms with Crippen molar-refractivity contribution in [3.63, 3.8) is 0 Å². The number of hydrogen-bond donors (Lipinski definition) is 2. The van der Waals surface area contributed by atoms with Crippen LogP contribution in [0.2, 0.25) is 5.02 Å². The second-order valence-electron chi connectivity index (χ2n) is 5.71. The first-order valence-electron chi connectivity index (χ1n) is 8.01. The lowest BCUT2D eigenvalue weighted by Crippen LogP contribution is -2.49. The Bertz CT molecular complexity index is 581. The van der Waals surface area contributed by atoms with Crippen LogP contribution in [-0.4, -0.2) is 55.2 Å². The van der Waals surface area contributed by atoms with Gasteiger partial charge in [-0.15, -0.1) is 0 Å². The van der Waals surface area contributed by atoms with Gasteiger partial charge in [-0.2, -0.15) is 0 Å². The normalized spacial score (nSPS) is 21.0. The average molecular weight is 355 g/mol. The van der Waals surface area contributed by atoms with Gasteiger partial charge in [-0.25, -0.2) is 0 Å². The summed E-state index contributed by atoms with van der Waals surface area (Å²) in [5, 5.41) is 12.2. The van der Waals surface area contributed by atoms with E-state index in [2.05, 4.69) is 5.32 Å².